The molecule has 4 nitrogen and oxygen atoms in total. The van der Waals surface area contributed by atoms with Gasteiger partial charge in [-0.1, -0.05) is 31.7 Å². The fraction of sp³-hybridized carbons (Fsp3) is 0.364. The van der Waals surface area contributed by atoms with Gasteiger partial charge in [-0.2, -0.15) is 4.55 Å². The zero-order chi connectivity index (χ0) is 13.8. The molecule has 0 spiro atoms. The van der Waals surface area contributed by atoms with Crippen LogP contribution in [0.25, 0.3) is 0 Å². The van der Waals surface area contributed by atoms with Crippen molar-refractivity contribution in [3.8, 4) is 0 Å². The van der Waals surface area contributed by atoms with E-state index in [1.807, 2.05) is 17.0 Å². The van der Waals surface area contributed by atoms with Crippen LogP contribution >= 0.6 is 39.7 Å². The molecule has 2 aliphatic heterocycles. The molecule has 0 radical (unpaired) electrons. The van der Waals surface area contributed by atoms with Gasteiger partial charge in [0.15, 0.2) is 16.6 Å². The predicted octanol–water partition coefficient (Wildman–Crippen LogP) is 2.52. The summed E-state index contributed by atoms with van der Waals surface area (Å²) < 4.78 is 22.5. The molecule has 0 amide bonds. The average Bonchev–Trinajstić information content (AvgIpc) is 2.70. The Kier molecular flexibility index (Phi) is 3.38. The molecule has 2 saturated heterocycles. The summed E-state index contributed by atoms with van der Waals surface area (Å²) >= 11 is 14.9. The summed E-state index contributed by atoms with van der Waals surface area (Å²) in [5, 5.41) is 4.24. The number of rotatable bonds is 1. The third-order valence-electron chi connectivity index (χ3n) is 3.36. The van der Waals surface area contributed by atoms with Gasteiger partial charge in [0.1, 0.15) is 12.1 Å². The van der Waals surface area contributed by atoms with E-state index in [-0.39, 0.29) is 23.6 Å². The van der Waals surface area contributed by atoms with E-state index < -0.39 is 10.2 Å². The number of halogens is 2. The molecule has 2 aliphatic rings. The highest BCUT2D eigenvalue weighted by molar-refractivity contribution is 9.10. The van der Waals surface area contributed by atoms with Crippen molar-refractivity contribution in [3.05, 3.63) is 27.7 Å². The first-order chi connectivity index (χ1) is 8.87. The molecule has 2 fully saturated rings. The van der Waals surface area contributed by atoms with E-state index in [1.54, 1.807) is 6.07 Å². The van der Waals surface area contributed by atoms with Crippen LogP contribution in [0, 0.1) is 0 Å². The highest BCUT2D eigenvalue weighted by Crippen LogP contribution is 2.36. The maximum atomic E-state index is 11.8. The van der Waals surface area contributed by atoms with Crippen LogP contribution in [-0.2, 0) is 14.4 Å². The van der Waals surface area contributed by atoms with Gasteiger partial charge in [0, 0.05) is 4.47 Å². The summed E-state index contributed by atoms with van der Waals surface area (Å²) in [6.07, 6.45) is 0. The van der Waals surface area contributed by atoms with Crippen LogP contribution in [-0.4, -0.2) is 33.3 Å². The number of nitrogens with zero attached hydrogens (tertiary/aromatic N) is 1. The van der Waals surface area contributed by atoms with Crippen molar-refractivity contribution in [2.24, 2.45) is 0 Å². The number of benzene rings is 1. The highest BCUT2D eigenvalue weighted by atomic mass is 79.9. The molecule has 2 heterocycles. The van der Waals surface area contributed by atoms with Crippen LogP contribution in [0.5, 0.6) is 0 Å². The minimum Gasteiger partial charge on any atom is -0.352 e. The van der Waals surface area contributed by atoms with Crippen molar-refractivity contribution in [1.29, 1.82) is 0 Å². The Labute approximate surface area is 130 Å². The van der Waals surface area contributed by atoms with Crippen LogP contribution in [0.4, 0.5) is 5.69 Å². The molecule has 3 atom stereocenters. The molecule has 19 heavy (non-hydrogen) atoms. The Morgan fingerprint density at radius 3 is 2.95 bits per heavy atom. The van der Waals surface area contributed by atoms with Gasteiger partial charge in [0.25, 0.3) is 0 Å². The standard InChI is InChI=1S/C11H10BrClN2O2S2/c12-6-1-2-9(7(13)3-6)15-10-5-19(16,17)4-8(10)14-11(15)18/h1-3,8,10H,4-5H2,(H-,14,16,17,18)/p+1/t8-,10+/m0/s1. The van der Waals surface area contributed by atoms with E-state index in [2.05, 4.69) is 21.2 Å². The van der Waals surface area contributed by atoms with Crippen molar-refractivity contribution in [2.75, 3.05) is 16.4 Å². The van der Waals surface area contributed by atoms with E-state index in [4.69, 9.17) is 23.8 Å². The summed E-state index contributed by atoms with van der Waals surface area (Å²) in [7, 11) is -2.76. The SMILES string of the molecule is O=[S+]1(O)C[C@@H]2NC(=S)N(c3ccc(Br)cc3Cl)[C@@H]2C1. The molecular formula is C11H11BrClN2O2S2+. The van der Waals surface area contributed by atoms with Crippen molar-refractivity contribution in [1.82, 2.24) is 5.32 Å². The fourth-order valence-electron chi connectivity index (χ4n) is 2.58. The van der Waals surface area contributed by atoms with Gasteiger partial charge in [-0.25, -0.2) is 0 Å². The van der Waals surface area contributed by atoms with E-state index >= 15 is 0 Å². The van der Waals surface area contributed by atoms with Gasteiger partial charge in [-0.05, 0) is 30.4 Å². The van der Waals surface area contributed by atoms with Crippen LogP contribution in [0.3, 0.4) is 0 Å². The molecule has 0 saturated carbocycles. The lowest BCUT2D eigenvalue weighted by molar-refractivity contribution is 0.502. The molecule has 3 rings (SSSR count). The quantitative estimate of drug-likeness (QED) is 0.577. The Morgan fingerprint density at radius 2 is 2.26 bits per heavy atom. The van der Waals surface area contributed by atoms with Gasteiger partial charge in [0.2, 0.25) is 10.2 Å². The summed E-state index contributed by atoms with van der Waals surface area (Å²) in [5.41, 5.74) is 0.770. The van der Waals surface area contributed by atoms with Crippen LogP contribution in [0.1, 0.15) is 0 Å². The Bertz CT molecular complexity index is 612. The largest absolute Gasteiger partial charge is 0.352 e. The number of nitrogens with one attached hydrogen (secondary N) is 1. The molecule has 1 aromatic carbocycles. The molecule has 0 aliphatic carbocycles. The summed E-state index contributed by atoms with van der Waals surface area (Å²) in [6, 6.07) is 5.34. The first-order valence-electron chi connectivity index (χ1n) is 5.64. The monoisotopic (exact) mass is 381 g/mol. The molecule has 8 heteroatoms. The summed E-state index contributed by atoms with van der Waals surface area (Å²) in [6.45, 7) is 0. The third-order valence-corrected chi connectivity index (χ3v) is 6.22. The van der Waals surface area contributed by atoms with Crippen molar-refractivity contribution in [2.45, 2.75) is 12.1 Å². The number of hydrogen-bond acceptors (Lipinski definition) is 2. The second-order valence-corrected chi connectivity index (χ2v) is 8.62. The van der Waals surface area contributed by atoms with E-state index in [9.17, 15) is 8.76 Å². The first-order valence-corrected chi connectivity index (χ1v) is 9.07. The molecular weight excluding hydrogens is 372 g/mol. The summed E-state index contributed by atoms with van der Waals surface area (Å²) in [5.74, 6) is 0.458. The summed E-state index contributed by atoms with van der Waals surface area (Å²) in [4.78, 5) is 1.86. The average molecular weight is 383 g/mol. The van der Waals surface area contributed by atoms with Gasteiger partial charge >= 0.3 is 0 Å². The zero-order valence-electron chi connectivity index (χ0n) is 9.68. The van der Waals surface area contributed by atoms with Crippen molar-refractivity contribution >= 4 is 60.8 Å². The first kappa shape index (κ1) is 13.8. The fourth-order valence-corrected chi connectivity index (χ4v) is 5.65. The minimum absolute atomic E-state index is 0.0790. The van der Waals surface area contributed by atoms with E-state index in [0.29, 0.717) is 10.1 Å². The molecule has 1 unspecified atom stereocenters. The normalized spacial score (nSPS) is 33.4. The lowest BCUT2D eigenvalue weighted by Gasteiger charge is -2.23. The maximum absolute atomic E-state index is 11.8. The van der Waals surface area contributed by atoms with Crippen molar-refractivity contribution < 1.29 is 8.76 Å². The number of hydrogen-bond donors (Lipinski definition) is 2. The minimum atomic E-state index is -2.76. The molecule has 1 aromatic rings. The topological polar surface area (TPSA) is 52.6 Å². The smallest absolute Gasteiger partial charge is 0.218 e. The lowest BCUT2D eigenvalue weighted by Crippen LogP contribution is -2.37. The second-order valence-electron chi connectivity index (χ2n) is 4.69. The zero-order valence-corrected chi connectivity index (χ0v) is 13.7. The molecule has 2 N–H and O–H groups in total. The van der Waals surface area contributed by atoms with Gasteiger partial charge < -0.3 is 10.2 Å². The number of thiocarbonyl (C=S) groups is 1. The van der Waals surface area contributed by atoms with Gasteiger partial charge in [-0.15, -0.1) is 0 Å². The number of anilines is 1. The van der Waals surface area contributed by atoms with Gasteiger partial charge in [-0.3, -0.25) is 0 Å². The molecule has 102 valence electrons. The highest BCUT2D eigenvalue weighted by Gasteiger charge is 2.54. The second kappa shape index (κ2) is 4.66. The van der Waals surface area contributed by atoms with E-state index in [0.717, 1.165) is 10.2 Å². The molecule has 0 aromatic heterocycles. The Balaban J connectivity index is 2.00. The lowest BCUT2D eigenvalue weighted by atomic mass is 10.1. The van der Waals surface area contributed by atoms with Gasteiger partial charge in [0.05, 0.1) is 10.7 Å². The van der Waals surface area contributed by atoms with E-state index in [1.165, 1.54) is 0 Å². The molecule has 0 bridgehead atoms. The van der Waals surface area contributed by atoms with Crippen molar-refractivity contribution in [3.63, 3.8) is 0 Å². The maximum Gasteiger partial charge on any atom is 0.218 e. The number of fused-ring (bicyclic) bond motifs is 1. The third kappa shape index (κ3) is 2.42. The van der Waals surface area contributed by atoms with Crippen LogP contribution in [0.15, 0.2) is 22.7 Å². The predicted molar refractivity (Wildman–Crippen MR) is 85.4 cm³/mol. The van der Waals surface area contributed by atoms with Crippen LogP contribution in [0.2, 0.25) is 5.02 Å². The Hall–Kier alpha value is -0.210. The Morgan fingerprint density at radius 1 is 1.53 bits per heavy atom. The van der Waals surface area contributed by atoms with Crippen LogP contribution < -0.4 is 10.2 Å².